The lowest BCUT2D eigenvalue weighted by atomic mass is 9.86. The van der Waals surface area contributed by atoms with Crippen LogP contribution in [0, 0.1) is 5.92 Å². The number of aromatic nitrogens is 1. The molecule has 0 radical (unpaired) electrons. The summed E-state index contributed by atoms with van der Waals surface area (Å²) in [4.78, 5) is 27.4. The third-order valence-electron chi connectivity index (χ3n) is 4.44. The SMILES string of the molecule is O=C(NC1CCC(C(=O)O)CC1)c1cc2c(cn1)OCCC2. The monoisotopic (exact) mass is 304 g/mol. The van der Waals surface area contributed by atoms with Crippen LogP contribution in [-0.2, 0) is 11.2 Å². The van der Waals surface area contributed by atoms with Gasteiger partial charge in [-0.2, -0.15) is 0 Å². The highest BCUT2D eigenvalue weighted by Crippen LogP contribution is 2.26. The van der Waals surface area contributed by atoms with Crippen LogP contribution >= 0.6 is 0 Å². The first-order valence-corrected chi connectivity index (χ1v) is 7.79. The lowest BCUT2D eigenvalue weighted by Gasteiger charge is -2.26. The van der Waals surface area contributed by atoms with Crippen molar-refractivity contribution in [3.63, 3.8) is 0 Å². The zero-order valence-electron chi connectivity index (χ0n) is 12.4. The Hall–Kier alpha value is -2.11. The van der Waals surface area contributed by atoms with Gasteiger partial charge >= 0.3 is 5.97 Å². The van der Waals surface area contributed by atoms with E-state index >= 15 is 0 Å². The third kappa shape index (κ3) is 3.21. The number of carboxylic acids is 1. The van der Waals surface area contributed by atoms with Crippen LogP contribution in [0.15, 0.2) is 12.3 Å². The van der Waals surface area contributed by atoms with Crippen molar-refractivity contribution in [2.45, 2.75) is 44.6 Å². The molecule has 1 amide bonds. The minimum Gasteiger partial charge on any atom is -0.492 e. The Balaban J connectivity index is 1.59. The van der Waals surface area contributed by atoms with Crippen molar-refractivity contribution in [2.24, 2.45) is 5.92 Å². The van der Waals surface area contributed by atoms with E-state index in [1.165, 1.54) is 0 Å². The van der Waals surface area contributed by atoms with E-state index in [1.807, 2.05) is 0 Å². The van der Waals surface area contributed by atoms with E-state index in [1.54, 1.807) is 12.3 Å². The van der Waals surface area contributed by atoms with Crippen LogP contribution in [0.25, 0.3) is 0 Å². The Morgan fingerprint density at radius 3 is 2.77 bits per heavy atom. The molecule has 1 aliphatic carbocycles. The molecule has 3 rings (SSSR count). The third-order valence-corrected chi connectivity index (χ3v) is 4.44. The summed E-state index contributed by atoms with van der Waals surface area (Å²) in [6.45, 7) is 0.701. The number of fused-ring (bicyclic) bond motifs is 1. The molecule has 0 bridgehead atoms. The zero-order chi connectivity index (χ0) is 15.5. The number of hydrogen-bond donors (Lipinski definition) is 2. The molecule has 0 unspecified atom stereocenters. The second-order valence-electron chi connectivity index (χ2n) is 5.99. The first-order valence-electron chi connectivity index (χ1n) is 7.79. The van der Waals surface area contributed by atoms with Gasteiger partial charge in [0.1, 0.15) is 11.4 Å². The summed E-state index contributed by atoms with van der Waals surface area (Å²) in [5.41, 5.74) is 1.44. The van der Waals surface area contributed by atoms with Gasteiger partial charge in [0, 0.05) is 6.04 Å². The zero-order valence-corrected chi connectivity index (χ0v) is 12.4. The van der Waals surface area contributed by atoms with Crippen LogP contribution in [0.5, 0.6) is 5.75 Å². The average Bonchev–Trinajstić information content (AvgIpc) is 2.55. The number of rotatable bonds is 3. The van der Waals surface area contributed by atoms with Gasteiger partial charge in [-0.25, -0.2) is 4.98 Å². The number of amides is 1. The molecular formula is C16H20N2O4. The van der Waals surface area contributed by atoms with Gasteiger partial charge < -0.3 is 15.2 Å². The molecule has 0 aromatic carbocycles. The van der Waals surface area contributed by atoms with E-state index in [0.717, 1.165) is 24.2 Å². The summed E-state index contributed by atoms with van der Waals surface area (Å²) in [6, 6.07) is 1.84. The van der Waals surface area contributed by atoms with E-state index in [-0.39, 0.29) is 17.9 Å². The number of carbonyl (C=O) groups is 2. The molecule has 2 heterocycles. The van der Waals surface area contributed by atoms with Gasteiger partial charge in [0.2, 0.25) is 0 Å². The van der Waals surface area contributed by atoms with Gasteiger partial charge in [-0.3, -0.25) is 9.59 Å². The lowest BCUT2D eigenvalue weighted by Crippen LogP contribution is -2.39. The van der Waals surface area contributed by atoms with Crippen molar-refractivity contribution in [3.05, 3.63) is 23.5 Å². The fourth-order valence-corrected chi connectivity index (χ4v) is 3.12. The number of carboxylic acid groups (broad SMARTS) is 1. The van der Waals surface area contributed by atoms with Crippen molar-refractivity contribution in [2.75, 3.05) is 6.61 Å². The topological polar surface area (TPSA) is 88.5 Å². The van der Waals surface area contributed by atoms with Crippen molar-refractivity contribution in [1.29, 1.82) is 0 Å². The normalized spacial score (nSPS) is 24.0. The lowest BCUT2D eigenvalue weighted by molar-refractivity contribution is -0.142. The molecule has 1 fully saturated rings. The van der Waals surface area contributed by atoms with Gasteiger partial charge in [0.15, 0.2) is 0 Å². The molecule has 6 nitrogen and oxygen atoms in total. The van der Waals surface area contributed by atoms with Crippen molar-refractivity contribution in [3.8, 4) is 5.75 Å². The van der Waals surface area contributed by atoms with E-state index in [4.69, 9.17) is 9.84 Å². The molecule has 6 heteroatoms. The van der Waals surface area contributed by atoms with Gasteiger partial charge in [-0.05, 0) is 50.2 Å². The molecule has 22 heavy (non-hydrogen) atoms. The standard InChI is InChI=1S/C16H20N2O4/c19-15(18-12-5-3-10(4-6-12)16(20)21)13-8-11-2-1-7-22-14(11)9-17-13/h8-10,12H,1-7H2,(H,18,19)(H,20,21). The second-order valence-corrected chi connectivity index (χ2v) is 5.99. The maximum atomic E-state index is 12.3. The summed E-state index contributed by atoms with van der Waals surface area (Å²) in [5.74, 6) is -0.426. The fourth-order valence-electron chi connectivity index (χ4n) is 3.12. The highest BCUT2D eigenvalue weighted by Gasteiger charge is 2.27. The number of pyridine rings is 1. The maximum Gasteiger partial charge on any atom is 0.306 e. The average molecular weight is 304 g/mol. The molecule has 1 aromatic rings. The molecule has 0 saturated heterocycles. The number of hydrogen-bond acceptors (Lipinski definition) is 4. The van der Waals surface area contributed by atoms with E-state index in [9.17, 15) is 9.59 Å². The van der Waals surface area contributed by atoms with E-state index in [0.29, 0.717) is 38.0 Å². The van der Waals surface area contributed by atoms with Gasteiger partial charge in [-0.1, -0.05) is 0 Å². The minimum absolute atomic E-state index is 0.0391. The summed E-state index contributed by atoms with van der Waals surface area (Å²) in [5, 5.41) is 12.0. The number of nitrogens with one attached hydrogen (secondary N) is 1. The van der Waals surface area contributed by atoms with E-state index < -0.39 is 5.97 Å². The number of aliphatic carboxylic acids is 1. The van der Waals surface area contributed by atoms with Crippen LogP contribution < -0.4 is 10.1 Å². The Bertz CT molecular complexity index is 580. The quantitative estimate of drug-likeness (QED) is 0.888. The largest absolute Gasteiger partial charge is 0.492 e. The van der Waals surface area contributed by atoms with Gasteiger partial charge in [0.05, 0.1) is 18.7 Å². The van der Waals surface area contributed by atoms with Crippen LogP contribution in [0.2, 0.25) is 0 Å². The molecule has 0 atom stereocenters. The molecule has 1 aromatic heterocycles. The second kappa shape index (κ2) is 6.34. The van der Waals surface area contributed by atoms with Crippen molar-refractivity contribution < 1.29 is 19.4 Å². The predicted octanol–water partition coefficient (Wildman–Crippen LogP) is 1.78. The van der Waals surface area contributed by atoms with Crippen LogP contribution in [0.4, 0.5) is 0 Å². The fraction of sp³-hybridized carbons (Fsp3) is 0.562. The number of aryl methyl sites for hydroxylation is 1. The molecule has 118 valence electrons. The molecular weight excluding hydrogens is 284 g/mol. The number of carbonyl (C=O) groups excluding carboxylic acids is 1. The Labute approximate surface area is 128 Å². The number of ether oxygens (including phenoxy) is 1. The van der Waals surface area contributed by atoms with E-state index in [2.05, 4.69) is 10.3 Å². The van der Waals surface area contributed by atoms with Crippen LogP contribution in [0.1, 0.15) is 48.2 Å². The van der Waals surface area contributed by atoms with Crippen molar-refractivity contribution in [1.82, 2.24) is 10.3 Å². The van der Waals surface area contributed by atoms with Crippen LogP contribution in [-0.4, -0.2) is 34.6 Å². The maximum absolute atomic E-state index is 12.3. The Morgan fingerprint density at radius 2 is 2.05 bits per heavy atom. The highest BCUT2D eigenvalue weighted by atomic mass is 16.5. The summed E-state index contributed by atoms with van der Waals surface area (Å²) < 4.78 is 5.49. The summed E-state index contributed by atoms with van der Waals surface area (Å²) in [7, 11) is 0. The minimum atomic E-state index is -0.735. The summed E-state index contributed by atoms with van der Waals surface area (Å²) in [6.07, 6.45) is 6.12. The Morgan fingerprint density at radius 1 is 1.27 bits per heavy atom. The highest BCUT2D eigenvalue weighted by molar-refractivity contribution is 5.92. The molecule has 1 aliphatic heterocycles. The van der Waals surface area contributed by atoms with Crippen LogP contribution in [0.3, 0.4) is 0 Å². The Kier molecular flexibility index (Phi) is 4.27. The predicted molar refractivity (Wildman–Crippen MR) is 78.9 cm³/mol. The van der Waals surface area contributed by atoms with Gasteiger partial charge in [-0.15, -0.1) is 0 Å². The summed E-state index contributed by atoms with van der Waals surface area (Å²) >= 11 is 0. The first-order chi connectivity index (χ1) is 10.6. The first kappa shape index (κ1) is 14.8. The smallest absolute Gasteiger partial charge is 0.306 e. The van der Waals surface area contributed by atoms with Crippen molar-refractivity contribution >= 4 is 11.9 Å². The molecule has 0 spiro atoms. The van der Waals surface area contributed by atoms with Gasteiger partial charge in [0.25, 0.3) is 5.91 Å². The number of nitrogens with zero attached hydrogens (tertiary/aromatic N) is 1. The molecule has 2 aliphatic rings. The molecule has 1 saturated carbocycles. The molecule has 2 N–H and O–H groups in total.